The first kappa shape index (κ1) is 10.8. The highest BCUT2D eigenvalue weighted by Crippen LogP contribution is 2.36. The maximum absolute atomic E-state index is 11.6. The summed E-state index contributed by atoms with van der Waals surface area (Å²) in [6, 6.07) is 13.7. The van der Waals surface area contributed by atoms with E-state index < -0.39 is 0 Å². The molecule has 1 aliphatic heterocycles. The van der Waals surface area contributed by atoms with Crippen LogP contribution in [-0.4, -0.2) is 12.5 Å². The van der Waals surface area contributed by atoms with E-state index in [1.54, 1.807) is 0 Å². The van der Waals surface area contributed by atoms with Gasteiger partial charge >= 0.3 is 0 Å². The van der Waals surface area contributed by atoms with E-state index in [2.05, 4.69) is 11.4 Å². The molecule has 0 saturated heterocycles. The average Bonchev–Trinajstić information content (AvgIpc) is 2.36. The summed E-state index contributed by atoms with van der Waals surface area (Å²) in [5.74, 6) is 0.622. The largest absolute Gasteiger partial charge is 0.483 e. The van der Waals surface area contributed by atoms with Crippen LogP contribution in [0.15, 0.2) is 42.5 Å². The Hall–Kier alpha value is -2.29. The molecule has 0 spiro atoms. The van der Waals surface area contributed by atoms with Crippen LogP contribution in [0.4, 0.5) is 5.69 Å². The Bertz CT molecular complexity index is 620. The van der Waals surface area contributed by atoms with Crippen molar-refractivity contribution >= 4 is 11.6 Å². The number of rotatable bonds is 0. The van der Waals surface area contributed by atoms with E-state index in [1.807, 2.05) is 43.3 Å². The Morgan fingerprint density at radius 1 is 1.11 bits per heavy atom. The number of hydrogen-bond acceptors (Lipinski definition) is 2. The third-order valence-electron chi connectivity index (χ3n) is 2.99. The second-order valence-electron chi connectivity index (χ2n) is 4.38. The van der Waals surface area contributed by atoms with Gasteiger partial charge in [0.2, 0.25) is 0 Å². The van der Waals surface area contributed by atoms with E-state index >= 15 is 0 Å². The Kier molecular flexibility index (Phi) is 2.52. The van der Waals surface area contributed by atoms with Crippen molar-refractivity contribution in [2.75, 3.05) is 11.9 Å². The van der Waals surface area contributed by atoms with Crippen molar-refractivity contribution in [3.8, 4) is 16.9 Å². The van der Waals surface area contributed by atoms with Gasteiger partial charge in [-0.25, -0.2) is 0 Å². The number of para-hydroxylation sites is 1. The number of benzene rings is 2. The van der Waals surface area contributed by atoms with Gasteiger partial charge in [-0.1, -0.05) is 29.8 Å². The molecule has 0 radical (unpaired) electrons. The molecule has 0 fully saturated rings. The predicted octanol–water partition coefficient (Wildman–Crippen LogP) is 2.99. The molecule has 1 aliphatic rings. The third kappa shape index (κ3) is 1.84. The molecule has 1 heterocycles. The van der Waals surface area contributed by atoms with Crippen molar-refractivity contribution < 1.29 is 9.53 Å². The second kappa shape index (κ2) is 4.18. The first-order valence-electron chi connectivity index (χ1n) is 5.87. The first-order valence-corrected chi connectivity index (χ1v) is 5.87. The van der Waals surface area contributed by atoms with Gasteiger partial charge in [0.1, 0.15) is 5.75 Å². The van der Waals surface area contributed by atoms with Crippen molar-refractivity contribution in [1.82, 2.24) is 0 Å². The lowest BCUT2D eigenvalue weighted by atomic mass is 10.00. The monoisotopic (exact) mass is 239 g/mol. The lowest BCUT2D eigenvalue weighted by Crippen LogP contribution is -2.22. The summed E-state index contributed by atoms with van der Waals surface area (Å²) in [6.45, 7) is 2.09. The smallest absolute Gasteiger partial charge is 0.262 e. The van der Waals surface area contributed by atoms with Crippen LogP contribution in [0.25, 0.3) is 11.1 Å². The van der Waals surface area contributed by atoms with Gasteiger partial charge in [-0.15, -0.1) is 0 Å². The van der Waals surface area contributed by atoms with E-state index in [0.717, 1.165) is 22.6 Å². The van der Waals surface area contributed by atoms with Gasteiger partial charge in [0.25, 0.3) is 5.91 Å². The van der Waals surface area contributed by atoms with Crippen molar-refractivity contribution in [3.63, 3.8) is 0 Å². The zero-order chi connectivity index (χ0) is 12.5. The highest BCUT2D eigenvalue weighted by atomic mass is 16.5. The highest BCUT2D eigenvalue weighted by Gasteiger charge is 2.16. The third-order valence-corrected chi connectivity index (χ3v) is 2.99. The van der Waals surface area contributed by atoms with E-state index in [1.165, 1.54) is 5.56 Å². The number of nitrogens with one attached hydrogen (secondary N) is 1. The van der Waals surface area contributed by atoms with Crippen molar-refractivity contribution in [2.45, 2.75) is 6.92 Å². The van der Waals surface area contributed by atoms with Gasteiger partial charge in [0, 0.05) is 16.8 Å². The fourth-order valence-corrected chi connectivity index (χ4v) is 2.14. The topological polar surface area (TPSA) is 38.3 Å². The van der Waals surface area contributed by atoms with Gasteiger partial charge in [0.05, 0.1) is 0 Å². The van der Waals surface area contributed by atoms with Gasteiger partial charge < -0.3 is 10.1 Å². The molecule has 0 aliphatic carbocycles. The Morgan fingerprint density at radius 2 is 1.94 bits per heavy atom. The van der Waals surface area contributed by atoms with Gasteiger partial charge in [0.15, 0.2) is 6.61 Å². The molecule has 18 heavy (non-hydrogen) atoms. The van der Waals surface area contributed by atoms with Crippen LogP contribution in [-0.2, 0) is 4.79 Å². The molecule has 3 heteroatoms. The summed E-state index contributed by atoms with van der Waals surface area (Å²) in [6.07, 6.45) is 0. The fraction of sp³-hybridized carbons (Fsp3) is 0.133. The molecular weight excluding hydrogens is 226 g/mol. The normalized spacial score (nSPS) is 13.5. The average molecular weight is 239 g/mol. The van der Waals surface area contributed by atoms with Gasteiger partial charge in [-0.2, -0.15) is 0 Å². The van der Waals surface area contributed by atoms with Crippen LogP contribution in [0.1, 0.15) is 5.56 Å². The van der Waals surface area contributed by atoms with E-state index in [9.17, 15) is 4.79 Å². The van der Waals surface area contributed by atoms with Crippen LogP contribution < -0.4 is 10.1 Å². The number of hydrogen-bond donors (Lipinski definition) is 1. The number of carbonyl (C=O) groups excluding carboxylic acids is 1. The first-order chi connectivity index (χ1) is 8.74. The standard InChI is InChI=1S/C15H13NO2/c1-10-6-7-14-12(8-10)11-4-2-3-5-13(11)16-15(17)9-18-14/h2-8H,9H2,1H3,(H,16,17). The maximum Gasteiger partial charge on any atom is 0.262 e. The summed E-state index contributed by atoms with van der Waals surface area (Å²) in [7, 11) is 0. The molecule has 0 saturated carbocycles. The summed E-state index contributed by atoms with van der Waals surface area (Å²) in [5, 5.41) is 2.86. The number of amides is 1. The summed E-state index contributed by atoms with van der Waals surface area (Å²) in [4.78, 5) is 11.6. The SMILES string of the molecule is Cc1ccc2c(c1)-c1ccccc1NC(=O)CO2. The van der Waals surface area contributed by atoms with E-state index in [-0.39, 0.29) is 12.5 Å². The summed E-state index contributed by atoms with van der Waals surface area (Å²) >= 11 is 0. The molecule has 0 aromatic heterocycles. The summed E-state index contributed by atoms with van der Waals surface area (Å²) < 4.78 is 5.54. The Morgan fingerprint density at radius 3 is 2.83 bits per heavy atom. The number of aryl methyl sites for hydroxylation is 1. The Balaban J connectivity index is 2.25. The van der Waals surface area contributed by atoms with E-state index in [0.29, 0.717) is 0 Å². The quantitative estimate of drug-likeness (QED) is 0.767. The molecule has 1 amide bonds. The van der Waals surface area contributed by atoms with Crippen LogP contribution in [0.2, 0.25) is 0 Å². The zero-order valence-electron chi connectivity index (χ0n) is 10.1. The van der Waals surface area contributed by atoms with Crippen molar-refractivity contribution in [3.05, 3.63) is 48.0 Å². The van der Waals surface area contributed by atoms with Gasteiger partial charge in [-0.3, -0.25) is 4.79 Å². The predicted molar refractivity (Wildman–Crippen MR) is 70.7 cm³/mol. The fourth-order valence-electron chi connectivity index (χ4n) is 2.14. The number of ether oxygens (including phenoxy) is 1. The molecule has 1 N–H and O–H groups in total. The molecule has 90 valence electrons. The maximum atomic E-state index is 11.6. The molecule has 2 aromatic rings. The minimum absolute atomic E-state index is 0.0460. The lowest BCUT2D eigenvalue weighted by molar-refractivity contribution is -0.118. The summed E-state index contributed by atoms with van der Waals surface area (Å²) in [5.41, 5.74) is 4.01. The van der Waals surface area contributed by atoms with Crippen LogP contribution in [0.5, 0.6) is 5.75 Å². The second-order valence-corrected chi connectivity index (χ2v) is 4.38. The molecule has 3 rings (SSSR count). The molecular formula is C15H13NO2. The van der Waals surface area contributed by atoms with Crippen LogP contribution >= 0.6 is 0 Å². The van der Waals surface area contributed by atoms with Crippen LogP contribution in [0, 0.1) is 6.92 Å². The molecule has 3 nitrogen and oxygen atoms in total. The van der Waals surface area contributed by atoms with Crippen molar-refractivity contribution in [1.29, 1.82) is 0 Å². The van der Waals surface area contributed by atoms with Gasteiger partial charge in [-0.05, 0) is 25.1 Å². The number of anilines is 1. The minimum Gasteiger partial charge on any atom is -0.483 e. The lowest BCUT2D eigenvalue weighted by Gasteiger charge is -2.19. The number of carbonyl (C=O) groups is 1. The molecule has 0 bridgehead atoms. The minimum atomic E-state index is -0.131. The Labute approximate surface area is 105 Å². The zero-order valence-corrected chi connectivity index (χ0v) is 10.1. The number of fused-ring (bicyclic) bond motifs is 3. The molecule has 0 unspecified atom stereocenters. The molecule has 0 atom stereocenters. The molecule has 2 aromatic carbocycles. The van der Waals surface area contributed by atoms with E-state index in [4.69, 9.17) is 4.74 Å². The van der Waals surface area contributed by atoms with Crippen LogP contribution in [0.3, 0.4) is 0 Å². The van der Waals surface area contributed by atoms with Crippen molar-refractivity contribution in [2.24, 2.45) is 0 Å². The highest BCUT2D eigenvalue weighted by molar-refractivity contribution is 5.98.